The Balaban J connectivity index is 2.11. The summed E-state index contributed by atoms with van der Waals surface area (Å²) in [6.07, 6.45) is 0.865. The highest BCUT2D eigenvalue weighted by atomic mass is 35.5. The Kier molecular flexibility index (Phi) is 5.45. The van der Waals surface area contributed by atoms with E-state index in [1.54, 1.807) is 12.1 Å². The zero-order valence-electron chi connectivity index (χ0n) is 11.1. The van der Waals surface area contributed by atoms with Gasteiger partial charge in [-0.3, -0.25) is 9.59 Å². The molecular formula is C14H15Cl2NO4. The molecule has 2 rings (SSSR count). The van der Waals surface area contributed by atoms with Gasteiger partial charge in [-0.25, -0.2) is 0 Å². The van der Waals surface area contributed by atoms with Crippen molar-refractivity contribution in [2.45, 2.75) is 25.4 Å². The van der Waals surface area contributed by atoms with E-state index in [1.807, 2.05) is 0 Å². The van der Waals surface area contributed by atoms with Gasteiger partial charge in [0.25, 0.3) is 0 Å². The second-order valence-corrected chi connectivity index (χ2v) is 5.71. The quantitative estimate of drug-likeness (QED) is 0.868. The molecule has 1 aromatic rings. The number of ether oxygens (including phenoxy) is 1. The lowest BCUT2D eigenvalue weighted by Gasteiger charge is -2.21. The maximum absolute atomic E-state index is 12.3. The summed E-state index contributed by atoms with van der Waals surface area (Å²) >= 11 is 11.8. The monoisotopic (exact) mass is 331 g/mol. The molecule has 0 spiro atoms. The van der Waals surface area contributed by atoms with Crippen LogP contribution in [0.2, 0.25) is 10.0 Å². The number of hydrogen-bond acceptors (Lipinski definition) is 3. The average Bonchev–Trinajstić information content (AvgIpc) is 2.92. The van der Waals surface area contributed by atoms with Crippen LogP contribution in [0.25, 0.3) is 0 Å². The highest BCUT2D eigenvalue weighted by molar-refractivity contribution is 6.36. The zero-order chi connectivity index (χ0) is 15.4. The molecule has 21 heavy (non-hydrogen) atoms. The fourth-order valence-electron chi connectivity index (χ4n) is 2.32. The van der Waals surface area contributed by atoms with Crippen LogP contribution < -0.4 is 5.32 Å². The standard InChI is InChI=1S/C14H15Cl2NO4/c15-8-3-4-11(10(16)6-8)17-14(20)9(7-13(18)19)12-2-1-5-21-12/h3-4,6,9,12H,1-2,5,7H2,(H,17,20)(H,18,19)/t9-,12-/m1/s1. The van der Waals surface area contributed by atoms with Crippen LogP contribution >= 0.6 is 23.2 Å². The van der Waals surface area contributed by atoms with Crippen molar-refractivity contribution in [1.82, 2.24) is 0 Å². The Hall–Kier alpha value is -1.30. The van der Waals surface area contributed by atoms with Gasteiger partial charge in [0.1, 0.15) is 0 Å². The number of amides is 1. The van der Waals surface area contributed by atoms with Gasteiger partial charge in [0.15, 0.2) is 0 Å². The van der Waals surface area contributed by atoms with E-state index in [1.165, 1.54) is 6.07 Å². The predicted octanol–water partition coefficient (Wildman–Crippen LogP) is 3.20. The molecule has 2 atom stereocenters. The fraction of sp³-hybridized carbons (Fsp3) is 0.429. The molecule has 2 N–H and O–H groups in total. The van der Waals surface area contributed by atoms with E-state index in [9.17, 15) is 9.59 Å². The molecule has 5 nitrogen and oxygen atoms in total. The fourth-order valence-corrected chi connectivity index (χ4v) is 2.77. The van der Waals surface area contributed by atoms with Crippen molar-refractivity contribution in [2.24, 2.45) is 5.92 Å². The molecule has 0 unspecified atom stereocenters. The third-order valence-corrected chi connectivity index (χ3v) is 3.88. The van der Waals surface area contributed by atoms with Gasteiger partial charge in [-0.2, -0.15) is 0 Å². The number of benzene rings is 1. The number of aliphatic carboxylic acids is 1. The number of rotatable bonds is 5. The van der Waals surface area contributed by atoms with Crippen molar-refractivity contribution < 1.29 is 19.4 Å². The molecule has 1 aromatic carbocycles. The largest absolute Gasteiger partial charge is 0.481 e. The second kappa shape index (κ2) is 7.11. The summed E-state index contributed by atoms with van der Waals surface area (Å²) in [7, 11) is 0. The summed E-state index contributed by atoms with van der Waals surface area (Å²) in [5.41, 5.74) is 0.402. The van der Waals surface area contributed by atoms with E-state index >= 15 is 0 Å². The van der Waals surface area contributed by atoms with Crippen molar-refractivity contribution in [3.8, 4) is 0 Å². The van der Waals surface area contributed by atoms with E-state index in [2.05, 4.69) is 5.32 Å². The number of anilines is 1. The molecule has 1 aliphatic rings. The third kappa shape index (κ3) is 4.33. The first-order valence-electron chi connectivity index (χ1n) is 6.56. The molecule has 1 saturated heterocycles. The van der Waals surface area contributed by atoms with Gasteiger partial charge < -0.3 is 15.2 Å². The Morgan fingerprint density at radius 2 is 2.19 bits per heavy atom. The number of carboxylic acids is 1. The molecular weight excluding hydrogens is 317 g/mol. The number of carbonyl (C=O) groups is 2. The lowest BCUT2D eigenvalue weighted by molar-refractivity contribution is -0.142. The van der Waals surface area contributed by atoms with Gasteiger partial charge in [0.2, 0.25) is 5.91 Å². The lowest BCUT2D eigenvalue weighted by Crippen LogP contribution is -2.34. The van der Waals surface area contributed by atoms with Crippen LogP contribution in [0.5, 0.6) is 0 Å². The highest BCUT2D eigenvalue weighted by Crippen LogP contribution is 2.28. The van der Waals surface area contributed by atoms with E-state index in [0.29, 0.717) is 28.8 Å². The van der Waals surface area contributed by atoms with Crippen LogP contribution in [0.3, 0.4) is 0 Å². The summed E-state index contributed by atoms with van der Waals surface area (Å²) < 4.78 is 5.45. The molecule has 1 fully saturated rings. The molecule has 0 saturated carbocycles. The van der Waals surface area contributed by atoms with Gasteiger partial charge in [0.05, 0.1) is 29.2 Å². The Labute approximate surface area is 132 Å². The smallest absolute Gasteiger partial charge is 0.304 e. The summed E-state index contributed by atoms with van der Waals surface area (Å²) in [4.78, 5) is 23.3. The van der Waals surface area contributed by atoms with E-state index in [4.69, 9.17) is 33.0 Å². The van der Waals surface area contributed by atoms with Gasteiger partial charge in [-0.15, -0.1) is 0 Å². The number of halogens is 2. The first-order chi connectivity index (χ1) is 9.97. The Bertz CT molecular complexity index is 544. The van der Waals surface area contributed by atoms with Gasteiger partial charge >= 0.3 is 5.97 Å². The maximum Gasteiger partial charge on any atom is 0.304 e. The number of nitrogens with one attached hydrogen (secondary N) is 1. The lowest BCUT2D eigenvalue weighted by atomic mass is 9.95. The number of carbonyl (C=O) groups excluding carboxylic acids is 1. The minimum atomic E-state index is -1.03. The second-order valence-electron chi connectivity index (χ2n) is 4.87. The minimum Gasteiger partial charge on any atom is -0.481 e. The highest BCUT2D eigenvalue weighted by Gasteiger charge is 2.33. The Morgan fingerprint density at radius 1 is 1.43 bits per heavy atom. The Morgan fingerprint density at radius 3 is 2.76 bits per heavy atom. The van der Waals surface area contributed by atoms with Crippen LogP contribution in [-0.2, 0) is 14.3 Å². The maximum atomic E-state index is 12.3. The number of carboxylic acid groups (broad SMARTS) is 1. The van der Waals surface area contributed by atoms with Crippen LogP contribution in [0.4, 0.5) is 5.69 Å². The molecule has 1 amide bonds. The average molecular weight is 332 g/mol. The van der Waals surface area contributed by atoms with Gasteiger partial charge in [-0.05, 0) is 31.0 Å². The first-order valence-corrected chi connectivity index (χ1v) is 7.32. The normalized spacial score (nSPS) is 19.2. The summed E-state index contributed by atoms with van der Waals surface area (Å²) in [6, 6.07) is 4.69. The summed E-state index contributed by atoms with van der Waals surface area (Å²) in [6.45, 7) is 0.551. The molecule has 0 aromatic heterocycles. The molecule has 0 radical (unpaired) electrons. The van der Waals surface area contributed by atoms with Crippen LogP contribution in [0.15, 0.2) is 18.2 Å². The van der Waals surface area contributed by atoms with Crippen molar-refractivity contribution in [2.75, 3.05) is 11.9 Å². The van der Waals surface area contributed by atoms with Crippen LogP contribution in [0.1, 0.15) is 19.3 Å². The van der Waals surface area contributed by atoms with Crippen molar-refractivity contribution >= 4 is 40.8 Å². The molecule has 1 heterocycles. The van der Waals surface area contributed by atoms with Crippen LogP contribution in [0, 0.1) is 5.92 Å². The van der Waals surface area contributed by atoms with Gasteiger partial charge in [0, 0.05) is 11.6 Å². The molecule has 0 aliphatic carbocycles. The van der Waals surface area contributed by atoms with E-state index in [0.717, 1.165) is 6.42 Å². The molecule has 114 valence electrons. The number of hydrogen-bond donors (Lipinski definition) is 2. The minimum absolute atomic E-state index is 0.276. The molecule has 1 aliphatic heterocycles. The van der Waals surface area contributed by atoms with E-state index in [-0.39, 0.29) is 12.5 Å². The van der Waals surface area contributed by atoms with Crippen molar-refractivity contribution in [3.63, 3.8) is 0 Å². The van der Waals surface area contributed by atoms with Crippen LogP contribution in [-0.4, -0.2) is 29.7 Å². The summed E-state index contributed by atoms with van der Waals surface area (Å²) in [5, 5.41) is 12.4. The SMILES string of the molecule is O=C(O)C[C@@H](C(=O)Nc1ccc(Cl)cc1Cl)[C@H]1CCCO1. The van der Waals surface area contributed by atoms with Gasteiger partial charge in [-0.1, -0.05) is 23.2 Å². The zero-order valence-corrected chi connectivity index (χ0v) is 12.7. The van der Waals surface area contributed by atoms with Crippen molar-refractivity contribution in [3.05, 3.63) is 28.2 Å². The van der Waals surface area contributed by atoms with E-state index < -0.39 is 17.8 Å². The summed E-state index contributed by atoms with van der Waals surface area (Å²) in [5.74, 6) is -2.18. The topological polar surface area (TPSA) is 75.6 Å². The predicted molar refractivity (Wildman–Crippen MR) is 79.8 cm³/mol. The molecule has 7 heteroatoms. The van der Waals surface area contributed by atoms with Crippen molar-refractivity contribution in [1.29, 1.82) is 0 Å². The third-order valence-electron chi connectivity index (χ3n) is 3.33. The first kappa shape index (κ1) is 16.1. The molecule has 0 bridgehead atoms.